The summed E-state index contributed by atoms with van der Waals surface area (Å²) in [5, 5.41) is 3.24. The summed E-state index contributed by atoms with van der Waals surface area (Å²) in [5.41, 5.74) is 0. The minimum Gasteiger partial charge on any atom is -0.368 e. The molecule has 0 aliphatic carbocycles. The van der Waals surface area contributed by atoms with Crippen molar-refractivity contribution in [2.24, 2.45) is 5.92 Å². The zero-order chi connectivity index (χ0) is 9.97. The molecule has 0 spiro atoms. The molecule has 2 atom stereocenters. The number of nitrogens with zero attached hydrogens (tertiary/aromatic N) is 1. The number of rotatable bonds is 1. The number of carbonyl (C=O) groups is 1. The molecule has 2 rings (SSSR count). The van der Waals surface area contributed by atoms with Crippen LogP contribution in [0.1, 0.15) is 13.3 Å². The maximum atomic E-state index is 12.0. The molecule has 2 heterocycles. The minimum absolute atomic E-state index is 0.173. The van der Waals surface area contributed by atoms with Crippen LogP contribution in [0, 0.1) is 5.92 Å². The lowest BCUT2D eigenvalue weighted by atomic mass is 10.0. The van der Waals surface area contributed by atoms with Crippen molar-refractivity contribution in [1.29, 1.82) is 0 Å². The summed E-state index contributed by atoms with van der Waals surface area (Å²) in [4.78, 5) is 13.9. The highest BCUT2D eigenvalue weighted by Gasteiger charge is 2.34. The average molecular weight is 198 g/mol. The Morgan fingerprint density at radius 1 is 1.43 bits per heavy atom. The van der Waals surface area contributed by atoms with E-state index in [2.05, 4.69) is 12.2 Å². The van der Waals surface area contributed by atoms with Crippen molar-refractivity contribution in [3.63, 3.8) is 0 Å². The van der Waals surface area contributed by atoms with Crippen LogP contribution in [0.4, 0.5) is 0 Å². The van der Waals surface area contributed by atoms with E-state index in [1.807, 2.05) is 4.90 Å². The Bertz CT molecular complexity index is 214. The number of amides is 1. The summed E-state index contributed by atoms with van der Waals surface area (Å²) < 4.78 is 5.47. The standard InChI is InChI=1S/C10H18N2O2/c1-8-2-7-14-9(8)10(13)12-5-3-11-4-6-12/h8-9,11H,2-7H2,1H3. The van der Waals surface area contributed by atoms with Crippen LogP contribution >= 0.6 is 0 Å². The van der Waals surface area contributed by atoms with E-state index >= 15 is 0 Å². The van der Waals surface area contributed by atoms with Gasteiger partial charge in [-0.25, -0.2) is 0 Å². The van der Waals surface area contributed by atoms with Gasteiger partial charge in [0.15, 0.2) is 0 Å². The third-order valence-electron chi connectivity index (χ3n) is 3.06. The Morgan fingerprint density at radius 2 is 2.14 bits per heavy atom. The van der Waals surface area contributed by atoms with E-state index in [1.165, 1.54) is 0 Å². The molecular weight excluding hydrogens is 180 g/mol. The van der Waals surface area contributed by atoms with Gasteiger partial charge in [0.25, 0.3) is 5.91 Å². The Kier molecular flexibility index (Phi) is 3.03. The van der Waals surface area contributed by atoms with E-state index in [0.29, 0.717) is 5.92 Å². The van der Waals surface area contributed by atoms with Crippen molar-refractivity contribution in [2.45, 2.75) is 19.4 Å². The fourth-order valence-electron chi connectivity index (χ4n) is 2.08. The molecule has 2 fully saturated rings. The second kappa shape index (κ2) is 4.28. The molecule has 4 heteroatoms. The maximum Gasteiger partial charge on any atom is 0.252 e. The normalized spacial score (nSPS) is 33.4. The van der Waals surface area contributed by atoms with Crippen LogP contribution in [0.3, 0.4) is 0 Å². The number of nitrogens with one attached hydrogen (secondary N) is 1. The van der Waals surface area contributed by atoms with Gasteiger partial charge in [-0.15, -0.1) is 0 Å². The van der Waals surface area contributed by atoms with Crippen molar-refractivity contribution < 1.29 is 9.53 Å². The molecule has 0 bridgehead atoms. The second-order valence-corrected chi connectivity index (χ2v) is 4.13. The maximum absolute atomic E-state index is 12.0. The quantitative estimate of drug-likeness (QED) is 0.637. The molecule has 2 aliphatic heterocycles. The van der Waals surface area contributed by atoms with Crippen molar-refractivity contribution in [3.05, 3.63) is 0 Å². The van der Waals surface area contributed by atoms with Crippen molar-refractivity contribution >= 4 is 5.91 Å². The first kappa shape index (κ1) is 9.93. The van der Waals surface area contributed by atoms with Crippen molar-refractivity contribution in [2.75, 3.05) is 32.8 Å². The third-order valence-corrected chi connectivity index (χ3v) is 3.06. The predicted molar refractivity (Wildman–Crippen MR) is 53.0 cm³/mol. The molecule has 0 aromatic heterocycles. The van der Waals surface area contributed by atoms with Gasteiger partial charge in [-0.1, -0.05) is 6.92 Å². The Labute approximate surface area is 84.6 Å². The second-order valence-electron chi connectivity index (χ2n) is 4.13. The summed E-state index contributed by atoms with van der Waals surface area (Å²) in [6.07, 6.45) is 0.843. The lowest BCUT2D eigenvalue weighted by Gasteiger charge is -2.30. The van der Waals surface area contributed by atoms with Crippen molar-refractivity contribution in [3.8, 4) is 0 Å². The summed E-state index contributed by atoms with van der Waals surface area (Å²) in [6, 6.07) is 0. The molecule has 1 amide bonds. The molecule has 2 saturated heterocycles. The third kappa shape index (κ3) is 1.91. The SMILES string of the molecule is CC1CCOC1C(=O)N1CCNCC1. The molecule has 0 radical (unpaired) electrons. The lowest BCUT2D eigenvalue weighted by molar-refractivity contribution is -0.143. The number of hydrogen-bond acceptors (Lipinski definition) is 3. The average Bonchev–Trinajstić information content (AvgIpc) is 2.65. The summed E-state index contributed by atoms with van der Waals surface area (Å²) in [7, 11) is 0. The minimum atomic E-state index is -0.173. The van der Waals surface area contributed by atoms with E-state index in [9.17, 15) is 4.79 Å². The fraction of sp³-hybridized carbons (Fsp3) is 0.900. The monoisotopic (exact) mass is 198 g/mol. The predicted octanol–water partition coefficient (Wildman–Crippen LogP) is -0.157. The first-order chi connectivity index (χ1) is 6.79. The summed E-state index contributed by atoms with van der Waals surface area (Å²) in [5.74, 6) is 0.578. The molecule has 80 valence electrons. The van der Waals surface area contributed by atoms with Crippen LogP contribution in [-0.2, 0) is 9.53 Å². The lowest BCUT2D eigenvalue weighted by Crippen LogP contribution is -2.50. The molecule has 14 heavy (non-hydrogen) atoms. The number of ether oxygens (including phenoxy) is 1. The fourth-order valence-corrected chi connectivity index (χ4v) is 2.08. The highest BCUT2D eigenvalue weighted by molar-refractivity contribution is 5.81. The van der Waals surface area contributed by atoms with Gasteiger partial charge in [0.2, 0.25) is 0 Å². The van der Waals surface area contributed by atoms with E-state index in [4.69, 9.17) is 4.74 Å². The molecule has 2 unspecified atom stereocenters. The molecule has 1 N–H and O–H groups in total. The van der Waals surface area contributed by atoms with Crippen LogP contribution in [0.25, 0.3) is 0 Å². The molecule has 4 nitrogen and oxygen atoms in total. The van der Waals surface area contributed by atoms with E-state index < -0.39 is 0 Å². The topological polar surface area (TPSA) is 41.6 Å². The highest BCUT2D eigenvalue weighted by atomic mass is 16.5. The van der Waals surface area contributed by atoms with Gasteiger partial charge in [0.1, 0.15) is 6.10 Å². The Morgan fingerprint density at radius 3 is 2.71 bits per heavy atom. The first-order valence-corrected chi connectivity index (χ1v) is 5.40. The molecule has 0 aromatic rings. The van der Waals surface area contributed by atoms with Crippen LogP contribution in [0.2, 0.25) is 0 Å². The molecule has 0 saturated carbocycles. The smallest absolute Gasteiger partial charge is 0.252 e. The van der Waals surface area contributed by atoms with E-state index in [-0.39, 0.29) is 12.0 Å². The number of carbonyl (C=O) groups excluding carboxylic acids is 1. The van der Waals surface area contributed by atoms with E-state index in [1.54, 1.807) is 0 Å². The van der Waals surface area contributed by atoms with Gasteiger partial charge < -0.3 is 15.0 Å². The number of hydrogen-bond donors (Lipinski definition) is 1. The van der Waals surface area contributed by atoms with Crippen LogP contribution in [0.15, 0.2) is 0 Å². The Balaban J connectivity index is 1.92. The van der Waals surface area contributed by atoms with Gasteiger partial charge >= 0.3 is 0 Å². The highest BCUT2D eigenvalue weighted by Crippen LogP contribution is 2.21. The largest absolute Gasteiger partial charge is 0.368 e. The first-order valence-electron chi connectivity index (χ1n) is 5.40. The van der Waals surface area contributed by atoms with Gasteiger partial charge in [0.05, 0.1) is 0 Å². The van der Waals surface area contributed by atoms with Crippen LogP contribution in [-0.4, -0.2) is 49.7 Å². The molecule has 0 aromatic carbocycles. The van der Waals surface area contributed by atoms with Crippen LogP contribution in [0.5, 0.6) is 0 Å². The zero-order valence-electron chi connectivity index (χ0n) is 8.66. The molecule has 2 aliphatic rings. The summed E-state index contributed by atoms with van der Waals surface area (Å²) in [6.45, 7) is 6.30. The van der Waals surface area contributed by atoms with Gasteiger partial charge in [-0.3, -0.25) is 4.79 Å². The number of piperazine rings is 1. The van der Waals surface area contributed by atoms with Gasteiger partial charge in [0, 0.05) is 32.8 Å². The summed E-state index contributed by atoms with van der Waals surface area (Å²) >= 11 is 0. The molecular formula is C10H18N2O2. The van der Waals surface area contributed by atoms with Gasteiger partial charge in [-0.2, -0.15) is 0 Å². The van der Waals surface area contributed by atoms with Crippen LogP contribution < -0.4 is 5.32 Å². The van der Waals surface area contributed by atoms with E-state index in [0.717, 1.165) is 39.2 Å². The van der Waals surface area contributed by atoms with Crippen molar-refractivity contribution in [1.82, 2.24) is 10.2 Å². The zero-order valence-corrected chi connectivity index (χ0v) is 8.66. The van der Waals surface area contributed by atoms with Gasteiger partial charge in [-0.05, 0) is 12.3 Å². The Hall–Kier alpha value is -0.610.